The summed E-state index contributed by atoms with van der Waals surface area (Å²) in [5, 5.41) is 11.7. The molecule has 1 atom stereocenters. The van der Waals surface area contributed by atoms with Gasteiger partial charge >= 0.3 is 0 Å². The number of halogens is 1. The molecule has 15 heavy (non-hydrogen) atoms. The van der Waals surface area contributed by atoms with Crippen LogP contribution in [0.25, 0.3) is 0 Å². The van der Waals surface area contributed by atoms with Crippen LogP contribution in [0, 0.1) is 17.1 Å². The monoisotopic (exact) mass is 206 g/mol. The summed E-state index contributed by atoms with van der Waals surface area (Å²) in [4.78, 5) is 0. The predicted molar refractivity (Wildman–Crippen MR) is 57.7 cm³/mol. The summed E-state index contributed by atoms with van der Waals surface area (Å²) in [6.07, 6.45) is 1.43. The third kappa shape index (κ3) is 3.69. The lowest BCUT2D eigenvalue weighted by Crippen LogP contribution is -2.21. The van der Waals surface area contributed by atoms with Gasteiger partial charge in [-0.1, -0.05) is 19.1 Å². The highest BCUT2D eigenvalue weighted by atomic mass is 19.1. The van der Waals surface area contributed by atoms with Crippen molar-refractivity contribution >= 4 is 0 Å². The van der Waals surface area contributed by atoms with Crippen LogP contribution in [-0.4, -0.2) is 6.54 Å². The molecular formula is C12H15FN2. The number of hydrogen-bond donors (Lipinski definition) is 1. The molecule has 1 N–H and O–H groups in total. The van der Waals surface area contributed by atoms with E-state index in [9.17, 15) is 4.39 Å². The highest BCUT2D eigenvalue weighted by Gasteiger charge is 2.07. The zero-order chi connectivity index (χ0) is 11.1. The minimum atomic E-state index is -0.217. The van der Waals surface area contributed by atoms with E-state index >= 15 is 0 Å². The quantitative estimate of drug-likeness (QED) is 0.752. The van der Waals surface area contributed by atoms with E-state index in [0.717, 1.165) is 12.0 Å². The Morgan fingerprint density at radius 3 is 2.60 bits per heavy atom. The van der Waals surface area contributed by atoms with Crippen LogP contribution in [-0.2, 0) is 0 Å². The summed E-state index contributed by atoms with van der Waals surface area (Å²) in [7, 11) is 0. The average molecular weight is 206 g/mol. The Kier molecular flexibility index (Phi) is 4.79. The second-order valence-corrected chi connectivity index (χ2v) is 3.37. The summed E-state index contributed by atoms with van der Waals surface area (Å²) in [6, 6.07) is 8.78. The van der Waals surface area contributed by atoms with Crippen molar-refractivity contribution < 1.29 is 4.39 Å². The van der Waals surface area contributed by atoms with Gasteiger partial charge < -0.3 is 5.32 Å². The van der Waals surface area contributed by atoms with Gasteiger partial charge in [0.15, 0.2) is 0 Å². The Balaban J connectivity index is 2.58. The molecule has 1 unspecified atom stereocenters. The summed E-state index contributed by atoms with van der Waals surface area (Å²) in [6.45, 7) is 2.74. The van der Waals surface area contributed by atoms with Crippen LogP contribution in [0.4, 0.5) is 4.39 Å². The third-order valence-electron chi connectivity index (χ3n) is 2.31. The topological polar surface area (TPSA) is 35.8 Å². The van der Waals surface area contributed by atoms with Crippen molar-refractivity contribution in [3.05, 3.63) is 35.6 Å². The van der Waals surface area contributed by atoms with Crippen molar-refractivity contribution in [2.24, 2.45) is 0 Å². The molecule has 0 aliphatic heterocycles. The lowest BCUT2D eigenvalue weighted by atomic mass is 10.0. The number of hydrogen-bond acceptors (Lipinski definition) is 2. The van der Waals surface area contributed by atoms with Gasteiger partial charge in [-0.2, -0.15) is 5.26 Å². The second kappa shape index (κ2) is 6.15. The van der Waals surface area contributed by atoms with Crippen molar-refractivity contribution in [2.45, 2.75) is 25.8 Å². The highest BCUT2D eigenvalue weighted by molar-refractivity contribution is 5.19. The van der Waals surface area contributed by atoms with Crippen LogP contribution in [0.1, 0.15) is 31.4 Å². The van der Waals surface area contributed by atoms with Crippen LogP contribution >= 0.6 is 0 Å². The number of benzene rings is 1. The van der Waals surface area contributed by atoms with E-state index in [4.69, 9.17) is 5.26 Å². The predicted octanol–water partition coefficient (Wildman–Crippen LogP) is 2.78. The smallest absolute Gasteiger partial charge is 0.123 e. The fourth-order valence-corrected chi connectivity index (χ4v) is 1.50. The first-order valence-electron chi connectivity index (χ1n) is 5.13. The highest BCUT2D eigenvalue weighted by Crippen LogP contribution is 2.16. The van der Waals surface area contributed by atoms with Gasteiger partial charge in [-0.15, -0.1) is 0 Å². The molecule has 0 bridgehead atoms. The maximum absolute atomic E-state index is 12.7. The second-order valence-electron chi connectivity index (χ2n) is 3.37. The van der Waals surface area contributed by atoms with Gasteiger partial charge in [0.2, 0.25) is 0 Å². The maximum Gasteiger partial charge on any atom is 0.123 e. The van der Waals surface area contributed by atoms with Crippen LogP contribution in [0.3, 0.4) is 0 Å². The van der Waals surface area contributed by atoms with Gasteiger partial charge in [0.1, 0.15) is 5.82 Å². The molecule has 0 saturated heterocycles. The fourth-order valence-electron chi connectivity index (χ4n) is 1.50. The molecule has 3 heteroatoms. The Labute approximate surface area is 89.7 Å². The van der Waals surface area contributed by atoms with Crippen molar-refractivity contribution in [1.29, 1.82) is 5.26 Å². The lowest BCUT2D eigenvalue weighted by molar-refractivity contribution is 0.525. The molecule has 2 nitrogen and oxygen atoms in total. The molecule has 0 radical (unpaired) electrons. The van der Waals surface area contributed by atoms with Gasteiger partial charge in [-0.25, -0.2) is 4.39 Å². The molecule has 1 aromatic rings. The van der Waals surface area contributed by atoms with Gasteiger partial charge in [0.25, 0.3) is 0 Å². The van der Waals surface area contributed by atoms with Crippen molar-refractivity contribution in [3.63, 3.8) is 0 Å². The zero-order valence-corrected chi connectivity index (χ0v) is 8.83. The van der Waals surface area contributed by atoms with Crippen LogP contribution in [0.2, 0.25) is 0 Å². The zero-order valence-electron chi connectivity index (χ0n) is 8.83. The van der Waals surface area contributed by atoms with E-state index in [2.05, 4.69) is 18.3 Å². The van der Waals surface area contributed by atoms with Crippen molar-refractivity contribution in [1.82, 2.24) is 5.32 Å². The number of nitrogens with zero attached hydrogens (tertiary/aromatic N) is 1. The van der Waals surface area contributed by atoms with Gasteiger partial charge in [0, 0.05) is 19.0 Å². The first kappa shape index (κ1) is 11.7. The van der Waals surface area contributed by atoms with E-state index in [-0.39, 0.29) is 11.9 Å². The Morgan fingerprint density at radius 2 is 2.07 bits per heavy atom. The summed E-state index contributed by atoms with van der Waals surface area (Å²) >= 11 is 0. The third-order valence-corrected chi connectivity index (χ3v) is 2.31. The van der Waals surface area contributed by atoms with Crippen LogP contribution in [0.5, 0.6) is 0 Å². The molecule has 80 valence electrons. The Morgan fingerprint density at radius 1 is 1.40 bits per heavy atom. The molecule has 0 spiro atoms. The van der Waals surface area contributed by atoms with Crippen molar-refractivity contribution in [2.75, 3.05) is 6.54 Å². The van der Waals surface area contributed by atoms with E-state index in [0.29, 0.717) is 13.0 Å². The number of rotatable bonds is 5. The van der Waals surface area contributed by atoms with Crippen LogP contribution < -0.4 is 5.32 Å². The maximum atomic E-state index is 12.7. The molecule has 1 aromatic carbocycles. The molecule has 0 fully saturated rings. The van der Waals surface area contributed by atoms with E-state index in [1.165, 1.54) is 12.1 Å². The summed E-state index contributed by atoms with van der Waals surface area (Å²) in [5.74, 6) is -0.217. The molecule has 0 saturated carbocycles. The lowest BCUT2D eigenvalue weighted by Gasteiger charge is -2.16. The average Bonchev–Trinajstić information content (AvgIpc) is 2.26. The molecule has 0 amide bonds. The van der Waals surface area contributed by atoms with Gasteiger partial charge in [0.05, 0.1) is 6.07 Å². The Bertz CT molecular complexity index is 326. The minimum Gasteiger partial charge on any atom is -0.309 e. The van der Waals surface area contributed by atoms with Crippen LogP contribution in [0.15, 0.2) is 24.3 Å². The summed E-state index contributed by atoms with van der Waals surface area (Å²) < 4.78 is 12.7. The number of nitrogens with one attached hydrogen (secondary N) is 1. The molecule has 0 aromatic heterocycles. The van der Waals surface area contributed by atoms with E-state index in [1.807, 2.05) is 0 Å². The SMILES string of the molecule is CCC(NCCC#N)c1ccc(F)cc1. The largest absolute Gasteiger partial charge is 0.309 e. The molecule has 0 aliphatic carbocycles. The molecule has 0 aliphatic rings. The van der Waals surface area contributed by atoms with E-state index < -0.39 is 0 Å². The Hall–Kier alpha value is -1.40. The molecule has 1 rings (SSSR count). The molecular weight excluding hydrogens is 191 g/mol. The normalized spacial score (nSPS) is 12.1. The van der Waals surface area contributed by atoms with Gasteiger partial charge in [-0.3, -0.25) is 0 Å². The summed E-state index contributed by atoms with van der Waals surface area (Å²) in [5.41, 5.74) is 1.07. The standard InChI is InChI=1S/C12H15FN2/c1-2-12(15-9-3-8-14)10-4-6-11(13)7-5-10/h4-7,12,15H,2-3,9H2,1H3. The van der Waals surface area contributed by atoms with E-state index in [1.54, 1.807) is 12.1 Å². The number of nitriles is 1. The molecule has 0 heterocycles. The first-order chi connectivity index (χ1) is 7.27. The van der Waals surface area contributed by atoms with Crippen molar-refractivity contribution in [3.8, 4) is 6.07 Å². The van der Waals surface area contributed by atoms with Gasteiger partial charge in [-0.05, 0) is 24.1 Å². The fraction of sp³-hybridized carbons (Fsp3) is 0.417. The first-order valence-corrected chi connectivity index (χ1v) is 5.13. The minimum absolute atomic E-state index is 0.207.